The first-order valence-electron chi connectivity index (χ1n) is 8.22. The zero-order valence-electron chi connectivity index (χ0n) is 14.5. The summed E-state index contributed by atoms with van der Waals surface area (Å²) in [4.78, 5) is 8.74. The first kappa shape index (κ1) is 20.0. The van der Waals surface area contributed by atoms with Crippen LogP contribution in [0.15, 0.2) is 66.2 Å². The fourth-order valence-electron chi connectivity index (χ4n) is 2.57. The standard InChI is InChI=1S/C19H15Cl3N6/c20-13-5-6-17(16(22)9-13)26-19(25-11-23)27-18(10-28-8-7-24-12-28)14-3-1-2-4-15(14)21/h1-9,12,18H,10H2,(H2,25,26,27). The predicted octanol–water partition coefficient (Wildman–Crippen LogP) is 5.12. The molecule has 9 heteroatoms. The van der Waals surface area contributed by atoms with Crippen LogP contribution in [0.25, 0.3) is 0 Å². The van der Waals surface area contributed by atoms with Crippen molar-refractivity contribution in [1.29, 1.82) is 5.26 Å². The van der Waals surface area contributed by atoms with Gasteiger partial charge in [-0.25, -0.2) is 9.98 Å². The second-order valence-electron chi connectivity index (χ2n) is 5.76. The average Bonchev–Trinajstić information content (AvgIpc) is 3.17. The van der Waals surface area contributed by atoms with Crippen molar-refractivity contribution in [2.45, 2.75) is 12.6 Å². The van der Waals surface area contributed by atoms with Gasteiger partial charge in [0.25, 0.3) is 0 Å². The number of nitrogens with zero attached hydrogens (tertiary/aromatic N) is 4. The van der Waals surface area contributed by atoms with Crippen molar-refractivity contribution in [3.63, 3.8) is 0 Å². The summed E-state index contributed by atoms with van der Waals surface area (Å²) in [5.41, 5.74) is 1.38. The van der Waals surface area contributed by atoms with Crippen LogP contribution in [0.2, 0.25) is 15.1 Å². The maximum atomic E-state index is 9.15. The second kappa shape index (κ2) is 9.47. The molecule has 0 aliphatic carbocycles. The summed E-state index contributed by atoms with van der Waals surface area (Å²) >= 11 is 18.6. The van der Waals surface area contributed by atoms with Crippen molar-refractivity contribution in [3.05, 3.63) is 81.8 Å². The normalized spacial score (nSPS) is 12.3. The highest BCUT2D eigenvalue weighted by Crippen LogP contribution is 2.28. The fourth-order valence-corrected chi connectivity index (χ4v) is 3.29. The molecule has 2 N–H and O–H groups in total. The van der Waals surface area contributed by atoms with Crippen LogP contribution in [0.4, 0.5) is 5.69 Å². The Morgan fingerprint density at radius 1 is 1.18 bits per heavy atom. The lowest BCUT2D eigenvalue weighted by atomic mass is 10.1. The van der Waals surface area contributed by atoms with Crippen molar-refractivity contribution in [2.75, 3.05) is 5.32 Å². The maximum absolute atomic E-state index is 9.15. The van der Waals surface area contributed by atoms with E-state index in [1.165, 1.54) is 0 Å². The summed E-state index contributed by atoms with van der Waals surface area (Å²) in [6, 6.07) is 12.1. The van der Waals surface area contributed by atoms with Gasteiger partial charge < -0.3 is 9.88 Å². The average molecular weight is 434 g/mol. The molecule has 0 spiro atoms. The molecule has 1 atom stereocenters. The van der Waals surface area contributed by atoms with Crippen LogP contribution in [0.3, 0.4) is 0 Å². The van der Waals surface area contributed by atoms with Crippen LogP contribution < -0.4 is 10.6 Å². The zero-order chi connectivity index (χ0) is 19.9. The molecule has 28 heavy (non-hydrogen) atoms. The van der Waals surface area contributed by atoms with Gasteiger partial charge >= 0.3 is 0 Å². The molecule has 0 aliphatic heterocycles. The van der Waals surface area contributed by atoms with Crippen molar-refractivity contribution in [2.24, 2.45) is 4.99 Å². The van der Waals surface area contributed by atoms with Crippen LogP contribution in [0.1, 0.15) is 11.6 Å². The first-order valence-corrected chi connectivity index (χ1v) is 9.35. The Kier molecular flexibility index (Phi) is 6.77. The van der Waals surface area contributed by atoms with E-state index in [0.717, 1.165) is 5.56 Å². The number of benzene rings is 2. The Morgan fingerprint density at radius 3 is 2.68 bits per heavy atom. The summed E-state index contributed by atoms with van der Waals surface area (Å²) in [6.45, 7) is 0.483. The zero-order valence-corrected chi connectivity index (χ0v) is 16.7. The molecule has 0 aliphatic rings. The Labute approximate surface area is 177 Å². The molecule has 0 saturated heterocycles. The number of halogens is 3. The first-order chi connectivity index (χ1) is 13.6. The lowest BCUT2D eigenvalue weighted by Crippen LogP contribution is -2.28. The lowest BCUT2D eigenvalue weighted by Gasteiger charge is -2.18. The highest BCUT2D eigenvalue weighted by atomic mass is 35.5. The third kappa shape index (κ3) is 5.17. The van der Waals surface area contributed by atoms with Crippen LogP contribution in [0, 0.1) is 11.5 Å². The quantitative estimate of drug-likeness (QED) is 0.253. The Bertz CT molecular complexity index is 1010. The fraction of sp³-hybridized carbons (Fsp3) is 0.105. The minimum Gasteiger partial charge on any atom is -0.335 e. The Balaban J connectivity index is 1.96. The van der Waals surface area contributed by atoms with Gasteiger partial charge in [0.2, 0.25) is 5.96 Å². The predicted molar refractivity (Wildman–Crippen MR) is 113 cm³/mol. The van der Waals surface area contributed by atoms with E-state index >= 15 is 0 Å². The summed E-state index contributed by atoms with van der Waals surface area (Å²) < 4.78 is 1.89. The lowest BCUT2D eigenvalue weighted by molar-refractivity contribution is 0.577. The van der Waals surface area contributed by atoms with Gasteiger partial charge in [0.05, 0.1) is 29.6 Å². The number of hydrogen-bond donors (Lipinski definition) is 2. The summed E-state index contributed by atoms with van der Waals surface area (Å²) in [7, 11) is 0. The number of rotatable bonds is 5. The molecule has 142 valence electrons. The number of anilines is 1. The van der Waals surface area contributed by atoms with Gasteiger partial charge in [0.15, 0.2) is 6.19 Å². The maximum Gasteiger partial charge on any atom is 0.209 e. The molecule has 0 fully saturated rings. The number of guanidine groups is 1. The van der Waals surface area contributed by atoms with Crippen molar-refractivity contribution < 1.29 is 0 Å². The number of nitriles is 1. The number of nitrogens with one attached hydrogen (secondary N) is 2. The molecule has 0 radical (unpaired) electrons. The molecule has 6 nitrogen and oxygen atoms in total. The van der Waals surface area contributed by atoms with E-state index in [-0.39, 0.29) is 12.0 Å². The van der Waals surface area contributed by atoms with Gasteiger partial charge in [-0.2, -0.15) is 5.26 Å². The minimum atomic E-state index is -0.377. The van der Waals surface area contributed by atoms with Crippen LogP contribution >= 0.6 is 34.8 Å². The summed E-state index contributed by atoms with van der Waals surface area (Å²) in [6.07, 6.45) is 7.10. The highest BCUT2D eigenvalue weighted by molar-refractivity contribution is 6.36. The third-order valence-corrected chi connectivity index (χ3v) is 4.74. The molecule has 1 unspecified atom stereocenters. The Morgan fingerprint density at radius 2 is 2.00 bits per heavy atom. The number of imidazole rings is 1. The summed E-state index contributed by atoms with van der Waals surface area (Å²) in [5.74, 6) is 0.233. The van der Waals surface area contributed by atoms with E-state index in [9.17, 15) is 0 Å². The Hall–Kier alpha value is -2.72. The van der Waals surface area contributed by atoms with Gasteiger partial charge in [0.1, 0.15) is 0 Å². The number of aliphatic imine (C=N–C) groups is 1. The van der Waals surface area contributed by atoms with Gasteiger partial charge in [-0.15, -0.1) is 0 Å². The highest BCUT2D eigenvalue weighted by Gasteiger charge is 2.16. The molecular formula is C19H15Cl3N6. The topological polar surface area (TPSA) is 78.0 Å². The SMILES string of the molecule is N#CNC(=NC(Cn1ccnc1)c1ccccc1Cl)Nc1ccc(Cl)cc1Cl. The van der Waals surface area contributed by atoms with Gasteiger partial charge in [0, 0.05) is 22.4 Å². The van der Waals surface area contributed by atoms with Crippen molar-refractivity contribution in [3.8, 4) is 6.19 Å². The van der Waals surface area contributed by atoms with Gasteiger partial charge in [-0.1, -0.05) is 53.0 Å². The molecule has 2 aromatic carbocycles. The molecule has 3 rings (SSSR count). The van der Waals surface area contributed by atoms with Crippen molar-refractivity contribution >= 4 is 46.4 Å². The van der Waals surface area contributed by atoms with E-state index < -0.39 is 0 Å². The van der Waals surface area contributed by atoms with E-state index in [1.54, 1.807) is 36.8 Å². The van der Waals surface area contributed by atoms with Gasteiger partial charge in [-0.05, 0) is 29.8 Å². The van der Waals surface area contributed by atoms with E-state index in [4.69, 9.17) is 40.1 Å². The summed E-state index contributed by atoms with van der Waals surface area (Å²) in [5, 5.41) is 16.2. The van der Waals surface area contributed by atoms with E-state index in [2.05, 4.69) is 20.6 Å². The van der Waals surface area contributed by atoms with Crippen LogP contribution in [-0.2, 0) is 6.54 Å². The largest absolute Gasteiger partial charge is 0.335 e. The third-order valence-electron chi connectivity index (χ3n) is 3.85. The number of aromatic nitrogens is 2. The molecule has 1 aromatic heterocycles. The minimum absolute atomic E-state index is 0.233. The molecule has 0 amide bonds. The molecule has 3 aromatic rings. The van der Waals surface area contributed by atoms with Crippen LogP contribution in [-0.4, -0.2) is 15.5 Å². The molecular weight excluding hydrogens is 419 g/mol. The molecule has 0 saturated carbocycles. The molecule has 1 heterocycles. The van der Waals surface area contributed by atoms with E-state index in [1.807, 2.05) is 35.2 Å². The smallest absolute Gasteiger partial charge is 0.209 e. The monoisotopic (exact) mass is 432 g/mol. The second-order valence-corrected chi connectivity index (χ2v) is 7.01. The molecule has 0 bridgehead atoms. The van der Waals surface area contributed by atoms with Gasteiger partial charge in [-0.3, -0.25) is 5.32 Å². The number of hydrogen-bond acceptors (Lipinski definition) is 3. The van der Waals surface area contributed by atoms with E-state index in [0.29, 0.717) is 27.3 Å². The van der Waals surface area contributed by atoms with Crippen molar-refractivity contribution in [1.82, 2.24) is 14.9 Å². The van der Waals surface area contributed by atoms with Crippen LogP contribution in [0.5, 0.6) is 0 Å².